The Labute approximate surface area is 163 Å². The highest BCUT2D eigenvalue weighted by atomic mass is 32.2. The van der Waals surface area contributed by atoms with Crippen molar-refractivity contribution in [2.24, 2.45) is 0 Å². The zero-order valence-corrected chi connectivity index (χ0v) is 16.2. The van der Waals surface area contributed by atoms with Crippen LogP contribution in [0.4, 0.5) is 4.39 Å². The molecule has 1 aliphatic heterocycles. The van der Waals surface area contributed by atoms with Crippen LogP contribution in [0.1, 0.15) is 23.6 Å². The molecule has 1 fully saturated rings. The zero-order valence-electron chi connectivity index (χ0n) is 15.4. The van der Waals surface area contributed by atoms with Gasteiger partial charge in [-0.05, 0) is 41.8 Å². The summed E-state index contributed by atoms with van der Waals surface area (Å²) in [5.41, 5.74) is 1.98. The van der Waals surface area contributed by atoms with Gasteiger partial charge in [-0.1, -0.05) is 24.3 Å². The number of nitrogens with one attached hydrogen (secondary N) is 2. The second kappa shape index (κ2) is 9.76. The summed E-state index contributed by atoms with van der Waals surface area (Å²) >= 11 is 1.88. The highest BCUT2D eigenvalue weighted by Gasteiger charge is 2.20. The molecule has 27 heavy (non-hydrogen) atoms. The molecule has 0 aromatic heterocycles. The lowest BCUT2D eigenvalue weighted by Gasteiger charge is -2.25. The standard InChI is InChI=1S/C21H25FN2O2S/c1-26-19-8-4-16(5-9-19)20(12-15-2-6-17(22)7-3-15)24-21(25)13-18-14-27-11-10-23-18/h2-9,18,20,23H,10-14H2,1H3,(H,24,25). The van der Waals surface area contributed by atoms with Crippen molar-refractivity contribution in [3.8, 4) is 5.75 Å². The number of amides is 1. The number of hydrogen-bond acceptors (Lipinski definition) is 4. The maximum absolute atomic E-state index is 13.2. The smallest absolute Gasteiger partial charge is 0.222 e. The van der Waals surface area contributed by atoms with Crippen molar-refractivity contribution in [1.82, 2.24) is 10.6 Å². The van der Waals surface area contributed by atoms with Crippen molar-refractivity contribution >= 4 is 17.7 Å². The topological polar surface area (TPSA) is 50.4 Å². The zero-order chi connectivity index (χ0) is 19.1. The molecule has 1 aliphatic rings. The quantitative estimate of drug-likeness (QED) is 0.764. The minimum absolute atomic E-state index is 0.0259. The fourth-order valence-electron chi connectivity index (χ4n) is 3.17. The Hall–Kier alpha value is -2.05. The van der Waals surface area contributed by atoms with Crippen LogP contribution in [0, 0.1) is 5.82 Å². The van der Waals surface area contributed by atoms with Crippen LogP contribution < -0.4 is 15.4 Å². The van der Waals surface area contributed by atoms with Crippen molar-refractivity contribution in [2.75, 3.05) is 25.2 Å². The molecular weight excluding hydrogens is 363 g/mol. The Kier molecular flexibility index (Phi) is 7.12. The summed E-state index contributed by atoms with van der Waals surface area (Å²) < 4.78 is 18.4. The number of ether oxygens (including phenoxy) is 1. The third kappa shape index (κ3) is 5.97. The number of carbonyl (C=O) groups excluding carboxylic acids is 1. The Balaban J connectivity index is 1.71. The Morgan fingerprint density at radius 1 is 1.26 bits per heavy atom. The van der Waals surface area contributed by atoms with Gasteiger partial charge in [-0.25, -0.2) is 4.39 Å². The normalized spacial score (nSPS) is 17.9. The van der Waals surface area contributed by atoms with Crippen LogP contribution in [0.3, 0.4) is 0 Å². The third-order valence-corrected chi connectivity index (χ3v) is 5.77. The maximum atomic E-state index is 13.2. The van der Waals surface area contributed by atoms with Gasteiger partial charge in [0.15, 0.2) is 0 Å². The van der Waals surface area contributed by atoms with E-state index in [0.29, 0.717) is 12.8 Å². The van der Waals surface area contributed by atoms with E-state index in [0.717, 1.165) is 34.9 Å². The molecule has 1 saturated heterocycles. The summed E-state index contributed by atoms with van der Waals surface area (Å²) in [6, 6.07) is 14.2. The summed E-state index contributed by atoms with van der Waals surface area (Å²) in [5.74, 6) is 2.59. The number of halogens is 1. The highest BCUT2D eigenvalue weighted by Crippen LogP contribution is 2.22. The van der Waals surface area contributed by atoms with E-state index in [1.165, 1.54) is 12.1 Å². The molecule has 0 radical (unpaired) electrons. The van der Waals surface area contributed by atoms with E-state index in [9.17, 15) is 9.18 Å². The monoisotopic (exact) mass is 388 g/mol. The molecular formula is C21H25FN2O2S. The van der Waals surface area contributed by atoms with Crippen molar-refractivity contribution in [1.29, 1.82) is 0 Å². The van der Waals surface area contributed by atoms with E-state index in [2.05, 4.69) is 10.6 Å². The number of methoxy groups -OCH3 is 1. The molecule has 6 heteroatoms. The van der Waals surface area contributed by atoms with Gasteiger partial charge in [-0.3, -0.25) is 4.79 Å². The van der Waals surface area contributed by atoms with Gasteiger partial charge in [-0.2, -0.15) is 11.8 Å². The number of hydrogen-bond donors (Lipinski definition) is 2. The first-order valence-corrected chi connectivity index (χ1v) is 10.3. The maximum Gasteiger partial charge on any atom is 0.222 e. The average Bonchev–Trinajstić information content (AvgIpc) is 2.70. The molecule has 4 nitrogen and oxygen atoms in total. The second-order valence-corrected chi connectivity index (χ2v) is 7.80. The van der Waals surface area contributed by atoms with E-state index in [4.69, 9.17) is 4.74 Å². The second-order valence-electron chi connectivity index (χ2n) is 6.65. The third-order valence-electron chi connectivity index (χ3n) is 4.64. The lowest BCUT2D eigenvalue weighted by molar-refractivity contribution is -0.122. The Bertz CT molecular complexity index is 731. The molecule has 1 heterocycles. The molecule has 0 aliphatic carbocycles. The fraction of sp³-hybridized carbons (Fsp3) is 0.381. The Morgan fingerprint density at radius 2 is 2.00 bits per heavy atom. The number of rotatable bonds is 7. The summed E-state index contributed by atoms with van der Waals surface area (Å²) in [6.45, 7) is 0.945. The van der Waals surface area contributed by atoms with E-state index < -0.39 is 0 Å². The van der Waals surface area contributed by atoms with Gasteiger partial charge in [0.05, 0.1) is 13.2 Å². The van der Waals surface area contributed by atoms with Gasteiger partial charge < -0.3 is 15.4 Å². The first-order chi connectivity index (χ1) is 13.1. The predicted molar refractivity (Wildman–Crippen MR) is 108 cm³/mol. The molecule has 1 amide bonds. The molecule has 0 spiro atoms. The summed E-state index contributed by atoms with van der Waals surface area (Å²) in [7, 11) is 1.63. The van der Waals surface area contributed by atoms with Crippen LogP contribution in [0.25, 0.3) is 0 Å². The molecule has 2 N–H and O–H groups in total. The van der Waals surface area contributed by atoms with Gasteiger partial charge in [0.1, 0.15) is 11.6 Å². The molecule has 2 aromatic rings. The van der Waals surface area contributed by atoms with Gasteiger partial charge in [0.2, 0.25) is 5.91 Å². The lowest BCUT2D eigenvalue weighted by atomic mass is 9.98. The van der Waals surface area contributed by atoms with Crippen LogP contribution in [0.2, 0.25) is 0 Å². The minimum Gasteiger partial charge on any atom is -0.497 e. The van der Waals surface area contributed by atoms with Crippen LogP contribution in [0.15, 0.2) is 48.5 Å². The lowest BCUT2D eigenvalue weighted by Crippen LogP contribution is -2.42. The first-order valence-electron chi connectivity index (χ1n) is 9.13. The number of thioether (sulfide) groups is 1. The van der Waals surface area contributed by atoms with Crippen LogP contribution >= 0.6 is 11.8 Å². The van der Waals surface area contributed by atoms with Crippen molar-refractivity contribution in [3.63, 3.8) is 0 Å². The highest BCUT2D eigenvalue weighted by molar-refractivity contribution is 7.99. The molecule has 144 valence electrons. The van der Waals surface area contributed by atoms with Crippen molar-refractivity contribution < 1.29 is 13.9 Å². The van der Waals surface area contributed by atoms with Crippen LogP contribution in [-0.4, -0.2) is 37.1 Å². The minimum atomic E-state index is -0.260. The molecule has 0 saturated carbocycles. The number of carbonyl (C=O) groups is 1. The predicted octanol–water partition coefficient (Wildman–Crippen LogP) is 3.33. The fourth-order valence-corrected chi connectivity index (χ4v) is 4.12. The summed E-state index contributed by atoms with van der Waals surface area (Å²) in [6.07, 6.45) is 1.06. The van der Waals surface area contributed by atoms with Gasteiger partial charge in [-0.15, -0.1) is 0 Å². The largest absolute Gasteiger partial charge is 0.497 e. The van der Waals surface area contributed by atoms with Gasteiger partial charge in [0, 0.05) is 30.5 Å². The van der Waals surface area contributed by atoms with Crippen molar-refractivity contribution in [3.05, 3.63) is 65.5 Å². The first kappa shape index (κ1) is 19.7. The molecule has 0 bridgehead atoms. The Morgan fingerprint density at radius 3 is 2.63 bits per heavy atom. The van der Waals surface area contributed by atoms with Crippen molar-refractivity contribution in [2.45, 2.75) is 24.9 Å². The molecule has 2 atom stereocenters. The average molecular weight is 389 g/mol. The van der Waals surface area contributed by atoms with E-state index >= 15 is 0 Å². The SMILES string of the molecule is COc1ccc(C(Cc2ccc(F)cc2)NC(=O)CC2CSCCN2)cc1. The summed E-state index contributed by atoms with van der Waals surface area (Å²) in [4.78, 5) is 12.6. The summed E-state index contributed by atoms with van der Waals surface area (Å²) in [5, 5.41) is 6.55. The van der Waals surface area contributed by atoms with E-state index in [1.807, 2.05) is 36.0 Å². The van der Waals surface area contributed by atoms with Crippen LogP contribution in [-0.2, 0) is 11.2 Å². The van der Waals surface area contributed by atoms with Crippen LogP contribution in [0.5, 0.6) is 5.75 Å². The van der Waals surface area contributed by atoms with Gasteiger partial charge >= 0.3 is 0 Å². The molecule has 2 unspecified atom stereocenters. The number of benzene rings is 2. The molecule has 3 rings (SSSR count). The van der Waals surface area contributed by atoms with E-state index in [1.54, 1.807) is 19.2 Å². The van der Waals surface area contributed by atoms with Gasteiger partial charge in [0.25, 0.3) is 0 Å². The molecule has 2 aromatic carbocycles. The van der Waals surface area contributed by atoms with E-state index in [-0.39, 0.29) is 23.8 Å².